The molecular weight excluding hydrogens is 432 g/mol. The van der Waals surface area contributed by atoms with Crippen LogP contribution in [-0.2, 0) is 14.3 Å². The van der Waals surface area contributed by atoms with Gasteiger partial charge in [0.2, 0.25) is 0 Å². The summed E-state index contributed by atoms with van der Waals surface area (Å²) in [6, 6.07) is 0. The number of aliphatic hydroxyl groups is 3. The lowest BCUT2D eigenvalue weighted by Gasteiger charge is -2.24. The Morgan fingerprint density at radius 1 is 1.24 bits per heavy atom. The minimum atomic E-state index is -2.60. The Morgan fingerprint density at radius 3 is 2.68 bits per heavy atom. The number of carbonyl (C=O) groups is 1. The van der Waals surface area contributed by atoms with Crippen LogP contribution in [0.3, 0.4) is 0 Å². The van der Waals surface area contributed by atoms with Gasteiger partial charge in [0.1, 0.15) is 6.10 Å². The van der Waals surface area contributed by atoms with Gasteiger partial charge in [0.25, 0.3) is 5.97 Å². The molecule has 0 aromatic heterocycles. The quantitative estimate of drug-likeness (QED) is 0.141. The number of carbonyl (C=O) groups excluding carboxylic acids is 1. The van der Waals surface area contributed by atoms with Gasteiger partial charge in [-0.15, -0.1) is 0 Å². The maximum atomic E-state index is 12.4. The summed E-state index contributed by atoms with van der Waals surface area (Å²) in [4.78, 5) is 12.4. The van der Waals surface area contributed by atoms with Crippen molar-refractivity contribution >= 4 is 5.97 Å². The zero-order valence-electron chi connectivity index (χ0n) is 21.7. The van der Waals surface area contributed by atoms with Gasteiger partial charge in [0, 0.05) is 18.8 Å². The van der Waals surface area contributed by atoms with Crippen LogP contribution in [0.15, 0.2) is 36.0 Å². The molecule has 0 bridgehead atoms. The van der Waals surface area contributed by atoms with Gasteiger partial charge in [0.15, 0.2) is 0 Å². The van der Waals surface area contributed by atoms with E-state index in [1.807, 2.05) is 26.0 Å². The van der Waals surface area contributed by atoms with Gasteiger partial charge in [-0.05, 0) is 55.9 Å². The summed E-state index contributed by atoms with van der Waals surface area (Å²) in [5.41, 5.74) is 1.04. The fourth-order valence-electron chi connectivity index (χ4n) is 4.69. The van der Waals surface area contributed by atoms with Gasteiger partial charge < -0.3 is 24.8 Å². The van der Waals surface area contributed by atoms with E-state index in [1.165, 1.54) is 0 Å². The Morgan fingerprint density at radius 2 is 1.97 bits per heavy atom. The van der Waals surface area contributed by atoms with Gasteiger partial charge in [-0.1, -0.05) is 70.9 Å². The summed E-state index contributed by atoms with van der Waals surface area (Å²) < 4.78 is 11.7. The summed E-state index contributed by atoms with van der Waals surface area (Å²) in [5, 5.41) is 27.2. The van der Waals surface area contributed by atoms with Crippen LogP contribution in [0.25, 0.3) is 0 Å². The second kappa shape index (κ2) is 13.6. The van der Waals surface area contributed by atoms with Gasteiger partial charge in [-0.3, -0.25) is 4.79 Å². The van der Waals surface area contributed by atoms with E-state index in [1.54, 1.807) is 0 Å². The van der Waals surface area contributed by atoms with E-state index in [0.29, 0.717) is 24.7 Å². The standard InChI is InChI=1S/C28H46O6/c1-19-10-6-7-15-25(29)34-26(21(3)13-8-11-19)22(4)14-9-12-20(2)18-24-27(33-24)23(5)16-17-28(30,31)32/h8-9,12-14,19-21,23-24,26-27,30-32H,6-7,10-11,15-18H2,1-5H3. The van der Waals surface area contributed by atoms with E-state index in [2.05, 4.69) is 39.0 Å². The molecule has 0 saturated carbocycles. The average molecular weight is 479 g/mol. The highest BCUT2D eigenvalue weighted by Gasteiger charge is 2.43. The maximum absolute atomic E-state index is 12.4. The van der Waals surface area contributed by atoms with Crippen LogP contribution in [0, 0.1) is 23.7 Å². The Labute approximate surface area is 205 Å². The monoisotopic (exact) mass is 478 g/mol. The molecule has 0 aliphatic carbocycles. The number of cyclic esters (lactones) is 1. The first-order valence-corrected chi connectivity index (χ1v) is 13.0. The van der Waals surface area contributed by atoms with Crippen molar-refractivity contribution in [3.8, 4) is 0 Å². The number of allylic oxidation sites excluding steroid dienone is 4. The van der Waals surface area contributed by atoms with Crippen LogP contribution < -0.4 is 0 Å². The van der Waals surface area contributed by atoms with E-state index in [9.17, 15) is 4.79 Å². The number of hydrogen-bond donors (Lipinski definition) is 3. The predicted molar refractivity (Wildman–Crippen MR) is 134 cm³/mol. The lowest BCUT2D eigenvalue weighted by molar-refractivity contribution is -0.315. The summed E-state index contributed by atoms with van der Waals surface area (Å²) in [7, 11) is 0. The SMILES string of the molecule is CC(=CC=CC(C)CC1OC1C(C)CCC(O)(O)O)C1OC(=O)CCCCC(C)CC=CC1C. The highest BCUT2D eigenvalue weighted by molar-refractivity contribution is 5.69. The molecule has 2 heterocycles. The van der Waals surface area contributed by atoms with Crippen LogP contribution in [0.5, 0.6) is 0 Å². The van der Waals surface area contributed by atoms with Gasteiger partial charge in [0.05, 0.1) is 12.2 Å². The Hall–Kier alpha value is -1.47. The lowest BCUT2D eigenvalue weighted by Crippen LogP contribution is -2.28. The molecule has 0 aromatic carbocycles. The van der Waals surface area contributed by atoms with Crippen molar-refractivity contribution in [1.29, 1.82) is 0 Å². The van der Waals surface area contributed by atoms with E-state index in [-0.39, 0.29) is 42.5 Å². The number of ether oxygens (including phenoxy) is 2. The van der Waals surface area contributed by atoms with E-state index >= 15 is 0 Å². The summed E-state index contributed by atoms with van der Waals surface area (Å²) in [6.45, 7) is 10.5. The minimum absolute atomic E-state index is 0.0847. The molecule has 0 aromatic rings. The van der Waals surface area contributed by atoms with Crippen LogP contribution in [0.1, 0.15) is 86.0 Å². The predicted octanol–water partition coefficient (Wildman–Crippen LogP) is 5.03. The number of esters is 1. The van der Waals surface area contributed by atoms with Crippen LogP contribution in [-0.4, -0.2) is 45.6 Å². The summed E-state index contributed by atoms with van der Waals surface area (Å²) >= 11 is 0. The fraction of sp³-hybridized carbons (Fsp3) is 0.750. The van der Waals surface area contributed by atoms with Crippen LogP contribution >= 0.6 is 0 Å². The molecule has 194 valence electrons. The highest BCUT2D eigenvalue weighted by Crippen LogP contribution is 2.37. The lowest BCUT2D eigenvalue weighted by atomic mass is 9.93. The second-order valence-electron chi connectivity index (χ2n) is 10.7. The Kier molecular flexibility index (Phi) is 11.5. The van der Waals surface area contributed by atoms with Crippen molar-refractivity contribution in [3.63, 3.8) is 0 Å². The minimum Gasteiger partial charge on any atom is -0.457 e. The van der Waals surface area contributed by atoms with Crippen molar-refractivity contribution in [1.82, 2.24) is 0 Å². The summed E-state index contributed by atoms with van der Waals surface area (Å²) in [6.07, 6.45) is 16.6. The largest absolute Gasteiger partial charge is 0.457 e. The molecular formula is C28H46O6. The fourth-order valence-corrected chi connectivity index (χ4v) is 4.69. The zero-order chi connectivity index (χ0) is 25.3. The highest BCUT2D eigenvalue weighted by atomic mass is 16.7. The molecule has 6 heteroatoms. The molecule has 1 saturated heterocycles. The first-order valence-electron chi connectivity index (χ1n) is 13.0. The third-order valence-corrected chi connectivity index (χ3v) is 7.01. The summed E-state index contributed by atoms with van der Waals surface area (Å²) in [5.74, 6) is -1.49. The van der Waals surface area contributed by atoms with Crippen molar-refractivity contribution in [3.05, 3.63) is 36.0 Å². The molecule has 0 amide bonds. The van der Waals surface area contributed by atoms with E-state index in [0.717, 1.165) is 37.7 Å². The van der Waals surface area contributed by atoms with Crippen molar-refractivity contribution in [2.45, 2.75) is 110 Å². The second-order valence-corrected chi connectivity index (χ2v) is 10.7. The molecule has 3 N–H and O–H groups in total. The van der Waals surface area contributed by atoms with Gasteiger partial charge in [-0.2, -0.15) is 0 Å². The zero-order valence-corrected chi connectivity index (χ0v) is 21.7. The Bertz CT molecular complexity index is 719. The number of hydrogen-bond acceptors (Lipinski definition) is 6. The molecule has 2 aliphatic rings. The van der Waals surface area contributed by atoms with Gasteiger partial charge in [-0.25, -0.2) is 0 Å². The first kappa shape index (κ1) is 28.8. The third-order valence-electron chi connectivity index (χ3n) is 7.01. The normalized spacial score (nSPS) is 31.5. The first-order chi connectivity index (χ1) is 16.0. The van der Waals surface area contributed by atoms with Crippen molar-refractivity contribution < 1.29 is 29.6 Å². The molecule has 2 aliphatic heterocycles. The smallest absolute Gasteiger partial charge is 0.306 e. The molecule has 7 atom stereocenters. The van der Waals surface area contributed by atoms with Gasteiger partial charge >= 0.3 is 5.97 Å². The molecule has 6 nitrogen and oxygen atoms in total. The number of epoxide rings is 1. The van der Waals surface area contributed by atoms with Crippen molar-refractivity contribution in [2.24, 2.45) is 23.7 Å². The van der Waals surface area contributed by atoms with Crippen molar-refractivity contribution in [2.75, 3.05) is 0 Å². The van der Waals surface area contributed by atoms with E-state index in [4.69, 9.17) is 24.8 Å². The molecule has 2 rings (SSSR count). The topological polar surface area (TPSA) is 99.5 Å². The average Bonchev–Trinajstić information content (AvgIpc) is 3.50. The van der Waals surface area contributed by atoms with Crippen LogP contribution in [0.4, 0.5) is 0 Å². The molecule has 34 heavy (non-hydrogen) atoms. The molecule has 1 fully saturated rings. The maximum Gasteiger partial charge on any atom is 0.306 e. The molecule has 0 radical (unpaired) electrons. The van der Waals surface area contributed by atoms with E-state index < -0.39 is 5.97 Å². The molecule has 7 unspecified atom stereocenters. The number of rotatable bonds is 9. The molecule has 0 spiro atoms. The van der Waals surface area contributed by atoms with Crippen LogP contribution in [0.2, 0.25) is 0 Å². The Balaban J connectivity index is 1.89. The third kappa shape index (κ3) is 10.9.